The van der Waals surface area contributed by atoms with Crippen molar-refractivity contribution in [1.82, 2.24) is 14.8 Å². The van der Waals surface area contributed by atoms with Crippen molar-refractivity contribution in [3.8, 4) is 0 Å². The summed E-state index contributed by atoms with van der Waals surface area (Å²) < 4.78 is 2.49. The minimum atomic E-state index is -0.280. The van der Waals surface area contributed by atoms with Gasteiger partial charge in [0.2, 0.25) is 11.8 Å². The fourth-order valence-corrected chi connectivity index (χ4v) is 4.05. The van der Waals surface area contributed by atoms with Crippen molar-refractivity contribution >= 4 is 74.1 Å². The maximum absolute atomic E-state index is 12.5. The Morgan fingerprint density at radius 3 is 2.59 bits per heavy atom. The number of carbonyl (C=O) groups is 2. The lowest BCUT2D eigenvalue weighted by Crippen LogP contribution is -2.18. The van der Waals surface area contributed by atoms with Crippen molar-refractivity contribution in [2.24, 2.45) is 0 Å². The zero-order valence-corrected chi connectivity index (χ0v) is 20.6. The number of nitrogens with zero attached hydrogens (tertiary/aromatic N) is 3. The van der Waals surface area contributed by atoms with Gasteiger partial charge in [-0.2, -0.15) is 0 Å². The number of hydrogen-bond donors (Lipinski definition) is 2. The molecule has 3 rings (SSSR count). The Balaban J connectivity index is 1.62. The molecular weight excluding hydrogens is 537 g/mol. The number of anilines is 2. The number of amides is 2. The summed E-state index contributed by atoms with van der Waals surface area (Å²) in [5, 5.41) is 15.3. The lowest BCUT2D eigenvalue weighted by atomic mass is 10.3. The van der Waals surface area contributed by atoms with Gasteiger partial charge in [-0.3, -0.25) is 9.59 Å². The molecule has 0 saturated carbocycles. The quantitative estimate of drug-likeness (QED) is 0.271. The number of benzene rings is 2. The molecule has 1 heterocycles. The van der Waals surface area contributed by atoms with Crippen LogP contribution < -0.4 is 10.6 Å². The molecule has 0 aliphatic heterocycles. The van der Waals surface area contributed by atoms with Gasteiger partial charge in [0.15, 0.2) is 5.16 Å². The number of hydrogen-bond acceptors (Lipinski definition) is 5. The normalized spacial score (nSPS) is 10.6. The van der Waals surface area contributed by atoms with Gasteiger partial charge in [0.25, 0.3) is 0 Å². The van der Waals surface area contributed by atoms with Crippen LogP contribution >= 0.6 is 50.9 Å². The predicted octanol–water partition coefficient (Wildman–Crippen LogP) is 5.45. The highest BCUT2D eigenvalue weighted by Gasteiger charge is 2.17. The molecule has 0 aliphatic rings. The Hall–Kier alpha value is -2.33. The van der Waals surface area contributed by atoms with Crippen LogP contribution in [0, 0.1) is 0 Å². The first-order chi connectivity index (χ1) is 15.4. The lowest BCUT2D eigenvalue weighted by Gasteiger charge is -2.09. The lowest BCUT2D eigenvalue weighted by molar-refractivity contribution is -0.116. The predicted molar refractivity (Wildman–Crippen MR) is 133 cm³/mol. The average Bonchev–Trinajstić information content (AvgIpc) is 3.12. The second-order valence-electron chi connectivity index (χ2n) is 6.47. The van der Waals surface area contributed by atoms with Crippen LogP contribution in [-0.4, -0.2) is 32.3 Å². The van der Waals surface area contributed by atoms with Crippen molar-refractivity contribution in [3.63, 3.8) is 0 Å². The van der Waals surface area contributed by atoms with E-state index >= 15 is 0 Å². The Kier molecular flexibility index (Phi) is 8.75. The molecule has 0 bridgehead atoms. The summed E-state index contributed by atoms with van der Waals surface area (Å²) in [5.41, 5.74) is 1.11. The highest BCUT2D eigenvalue weighted by molar-refractivity contribution is 9.10. The van der Waals surface area contributed by atoms with Gasteiger partial charge in [0.1, 0.15) is 5.82 Å². The molecule has 0 aliphatic carbocycles. The highest BCUT2D eigenvalue weighted by atomic mass is 79.9. The SMILES string of the molecule is C=CCn1c(CC(=O)Nc2ccccc2Cl)nnc1SCC(=O)Nc1ccc(Br)c(Cl)c1. The van der Waals surface area contributed by atoms with Gasteiger partial charge in [-0.05, 0) is 46.3 Å². The van der Waals surface area contributed by atoms with E-state index in [-0.39, 0.29) is 24.0 Å². The molecule has 1 aromatic heterocycles. The molecule has 0 atom stereocenters. The third-order valence-corrected chi connectivity index (χ3v) is 6.64. The van der Waals surface area contributed by atoms with E-state index in [1.807, 2.05) is 0 Å². The summed E-state index contributed by atoms with van der Waals surface area (Å²) in [6.45, 7) is 4.14. The minimum absolute atomic E-state index is 0.00376. The second-order valence-corrected chi connectivity index (χ2v) is 9.08. The zero-order chi connectivity index (χ0) is 23.1. The monoisotopic (exact) mass is 553 g/mol. The molecule has 11 heteroatoms. The molecule has 0 fully saturated rings. The summed E-state index contributed by atoms with van der Waals surface area (Å²) in [5.74, 6) is 0.0586. The van der Waals surface area contributed by atoms with Crippen LogP contribution in [0.15, 0.2) is 64.7 Å². The topological polar surface area (TPSA) is 88.9 Å². The average molecular weight is 555 g/mol. The van der Waals surface area contributed by atoms with E-state index in [1.165, 1.54) is 11.8 Å². The van der Waals surface area contributed by atoms with Gasteiger partial charge in [0.05, 0.1) is 27.9 Å². The third kappa shape index (κ3) is 6.59. The molecule has 0 spiro atoms. The van der Waals surface area contributed by atoms with Gasteiger partial charge in [0, 0.05) is 16.7 Å². The standard InChI is InChI=1S/C21H18BrCl2N5O2S/c1-2-9-29-18(11-19(30)26-17-6-4-3-5-15(17)23)27-28-21(29)32-12-20(31)25-13-7-8-14(22)16(24)10-13/h2-8,10H,1,9,11-12H2,(H,25,31)(H,26,30). The Bertz CT molecular complexity index is 1150. The first-order valence-corrected chi connectivity index (χ1v) is 11.9. The van der Waals surface area contributed by atoms with Crippen molar-refractivity contribution in [3.05, 3.63) is 75.5 Å². The third-order valence-electron chi connectivity index (χ3n) is 4.11. The fourth-order valence-electron chi connectivity index (χ4n) is 2.67. The van der Waals surface area contributed by atoms with Crippen molar-refractivity contribution in [1.29, 1.82) is 0 Å². The van der Waals surface area contributed by atoms with E-state index in [9.17, 15) is 9.59 Å². The summed E-state index contributed by atoms with van der Waals surface area (Å²) in [6.07, 6.45) is 1.67. The van der Waals surface area contributed by atoms with Crippen LogP contribution in [0.2, 0.25) is 10.0 Å². The molecule has 7 nitrogen and oxygen atoms in total. The van der Waals surface area contributed by atoms with E-state index in [2.05, 4.69) is 43.3 Å². The molecule has 166 valence electrons. The molecule has 2 N–H and O–H groups in total. The van der Waals surface area contributed by atoms with E-state index in [4.69, 9.17) is 23.2 Å². The van der Waals surface area contributed by atoms with Gasteiger partial charge in [-0.15, -0.1) is 16.8 Å². The van der Waals surface area contributed by atoms with E-state index < -0.39 is 0 Å². The van der Waals surface area contributed by atoms with Crippen LogP contribution in [-0.2, 0) is 22.6 Å². The first-order valence-electron chi connectivity index (χ1n) is 9.32. The van der Waals surface area contributed by atoms with Crippen molar-refractivity contribution in [2.75, 3.05) is 16.4 Å². The van der Waals surface area contributed by atoms with E-state index in [0.29, 0.717) is 38.9 Å². The molecular formula is C21H18BrCl2N5O2S. The van der Waals surface area contributed by atoms with Crippen LogP contribution in [0.25, 0.3) is 0 Å². The van der Waals surface area contributed by atoms with Crippen LogP contribution in [0.4, 0.5) is 11.4 Å². The summed E-state index contributed by atoms with van der Waals surface area (Å²) in [7, 11) is 0. The number of aromatic nitrogens is 3. The molecule has 0 radical (unpaired) electrons. The van der Waals surface area contributed by atoms with Gasteiger partial charge in [-0.1, -0.05) is 53.2 Å². The largest absolute Gasteiger partial charge is 0.325 e. The summed E-state index contributed by atoms with van der Waals surface area (Å²) in [6, 6.07) is 12.1. The Labute approximate surface area is 207 Å². The number of rotatable bonds is 9. The molecule has 2 aromatic carbocycles. The number of thioether (sulfide) groups is 1. The van der Waals surface area contributed by atoms with Gasteiger partial charge in [-0.25, -0.2) is 0 Å². The molecule has 0 unspecified atom stereocenters. The second kappa shape index (κ2) is 11.5. The number of allylic oxidation sites excluding steroid dienone is 1. The molecule has 0 saturated heterocycles. The Morgan fingerprint density at radius 2 is 1.88 bits per heavy atom. The summed E-state index contributed by atoms with van der Waals surface area (Å²) >= 11 is 16.7. The van der Waals surface area contributed by atoms with E-state index in [0.717, 1.165) is 4.47 Å². The number of carbonyl (C=O) groups excluding carboxylic acids is 2. The highest BCUT2D eigenvalue weighted by Crippen LogP contribution is 2.26. The maximum atomic E-state index is 12.5. The minimum Gasteiger partial charge on any atom is -0.325 e. The summed E-state index contributed by atoms with van der Waals surface area (Å²) in [4.78, 5) is 24.8. The van der Waals surface area contributed by atoms with Crippen LogP contribution in [0.1, 0.15) is 5.82 Å². The zero-order valence-electron chi connectivity index (χ0n) is 16.6. The molecule has 2 amide bonds. The molecule has 32 heavy (non-hydrogen) atoms. The number of nitrogens with one attached hydrogen (secondary N) is 2. The van der Waals surface area contributed by atoms with Crippen LogP contribution in [0.5, 0.6) is 0 Å². The van der Waals surface area contributed by atoms with E-state index in [1.54, 1.807) is 53.1 Å². The number of halogens is 3. The van der Waals surface area contributed by atoms with Gasteiger partial charge < -0.3 is 15.2 Å². The maximum Gasteiger partial charge on any atom is 0.234 e. The van der Waals surface area contributed by atoms with Crippen LogP contribution in [0.3, 0.4) is 0 Å². The van der Waals surface area contributed by atoms with Crippen molar-refractivity contribution in [2.45, 2.75) is 18.1 Å². The molecule has 3 aromatic rings. The van der Waals surface area contributed by atoms with Crippen molar-refractivity contribution < 1.29 is 9.59 Å². The first kappa shape index (κ1) is 24.3. The number of para-hydroxylation sites is 1. The Morgan fingerprint density at radius 1 is 1.09 bits per heavy atom. The fraction of sp³-hybridized carbons (Fsp3) is 0.143. The van der Waals surface area contributed by atoms with Gasteiger partial charge >= 0.3 is 0 Å². The smallest absolute Gasteiger partial charge is 0.234 e.